The lowest BCUT2D eigenvalue weighted by Gasteiger charge is -1.98. The van der Waals surface area contributed by atoms with Crippen molar-refractivity contribution in [1.82, 2.24) is 9.78 Å². The molecule has 2 rings (SSSR count). The van der Waals surface area contributed by atoms with Crippen LogP contribution < -0.4 is 5.73 Å². The smallest absolute Gasteiger partial charge is 0.164 e. The fourth-order valence-corrected chi connectivity index (χ4v) is 1.21. The highest BCUT2D eigenvalue weighted by Gasteiger charge is 2.02. The van der Waals surface area contributed by atoms with E-state index in [1.165, 1.54) is 0 Å². The number of hydrogen-bond donors (Lipinski definition) is 1. The Morgan fingerprint density at radius 2 is 1.92 bits per heavy atom. The number of aromatic nitrogens is 2. The van der Waals surface area contributed by atoms with Gasteiger partial charge in [-0.2, -0.15) is 0 Å². The number of para-hydroxylation sites is 1. The highest BCUT2D eigenvalue weighted by molar-refractivity contribution is 6.32. The molecule has 1 aromatic carbocycles. The molecule has 66 valence electrons. The standard InChI is InChI=1S/C9H8ClN3/c10-8-6-13(12-9(8)11)7-4-2-1-3-5-7/h1-6H,(H2,11,12). The summed E-state index contributed by atoms with van der Waals surface area (Å²) < 4.78 is 1.65. The maximum Gasteiger partial charge on any atom is 0.164 e. The van der Waals surface area contributed by atoms with Crippen LogP contribution in [0.3, 0.4) is 0 Å². The third-order valence-corrected chi connectivity index (χ3v) is 2.01. The summed E-state index contributed by atoms with van der Waals surface area (Å²) in [6.07, 6.45) is 1.69. The molecule has 0 saturated carbocycles. The molecule has 2 aromatic rings. The topological polar surface area (TPSA) is 43.8 Å². The Hall–Kier alpha value is -1.48. The zero-order chi connectivity index (χ0) is 9.26. The summed E-state index contributed by atoms with van der Waals surface area (Å²) in [5.41, 5.74) is 6.46. The summed E-state index contributed by atoms with van der Waals surface area (Å²) in [6, 6.07) is 9.67. The van der Waals surface area contributed by atoms with Crippen molar-refractivity contribution < 1.29 is 0 Å². The van der Waals surface area contributed by atoms with E-state index in [4.69, 9.17) is 17.3 Å². The van der Waals surface area contributed by atoms with Gasteiger partial charge in [0.2, 0.25) is 0 Å². The molecule has 0 aliphatic heterocycles. The van der Waals surface area contributed by atoms with Crippen LogP contribution in [0.25, 0.3) is 5.69 Å². The Morgan fingerprint density at radius 3 is 2.46 bits per heavy atom. The van der Waals surface area contributed by atoms with Gasteiger partial charge in [-0.3, -0.25) is 0 Å². The minimum absolute atomic E-state index is 0.352. The van der Waals surface area contributed by atoms with Crippen molar-refractivity contribution in [3.05, 3.63) is 41.6 Å². The van der Waals surface area contributed by atoms with Gasteiger partial charge in [-0.15, -0.1) is 5.10 Å². The van der Waals surface area contributed by atoms with E-state index in [1.54, 1.807) is 10.9 Å². The molecule has 0 spiro atoms. The van der Waals surface area contributed by atoms with Crippen molar-refractivity contribution in [2.24, 2.45) is 0 Å². The van der Waals surface area contributed by atoms with Gasteiger partial charge >= 0.3 is 0 Å². The van der Waals surface area contributed by atoms with Crippen molar-refractivity contribution in [2.75, 3.05) is 5.73 Å². The predicted octanol–water partition coefficient (Wildman–Crippen LogP) is 2.11. The van der Waals surface area contributed by atoms with Gasteiger partial charge in [0.05, 0.1) is 11.9 Å². The van der Waals surface area contributed by atoms with Crippen LogP contribution in [0.2, 0.25) is 5.02 Å². The molecule has 0 atom stereocenters. The number of nitrogen functional groups attached to an aromatic ring is 1. The zero-order valence-corrected chi connectivity index (χ0v) is 7.57. The molecule has 0 saturated heterocycles. The molecular formula is C9H8ClN3. The summed E-state index contributed by atoms with van der Waals surface area (Å²) in [7, 11) is 0. The number of rotatable bonds is 1. The molecule has 0 radical (unpaired) electrons. The second-order valence-electron chi connectivity index (χ2n) is 2.64. The van der Waals surface area contributed by atoms with E-state index in [0.717, 1.165) is 5.69 Å². The molecule has 0 unspecified atom stereocenters. The molecule has 3 nitrogen and oxygen atoms in total. The maximum atomic E-state index is 5.77. The summed E-state index contributed by atoms with van der Waals surface area (Å²) in [5, 5.41) is 4.52. The Labute approximate surface area is 80.7 Å². The van der Waals surface area contributed by atoms with E-state index in [1.807, 2.05) is 30.3 Å². The molecule has 13 heavy (non-hydrogen) atoms. The van der Waals surface area contributed by atoms with Gasteiger partial charge in [0.1, 0.15) is 5.02 Å². The minimum Gasteiger partial charge on any atom is -0.381 e. The van der Waals surface area contributed by atoms with Crippen LogP contribution in [0.5, 0.6) is 0 Å². The second kappa shape index (κ2) is 3.11. The van der Waals surface area contributed by atoms with Crippen molar-refractivity contribution in [1.29, 1.82) is 0 Å². The largest absolute Gasteiger partial charge is 0.381 e. The van der Waals surface area contributed by atoms with E-state index in [9.17, 15) is 0 Å². The number of benzene rings is 1. The number of hydrogen-bond acceptors (Lipinski definition) is 2. The van der Waals surface area contributed by atoms with Gasteiger partial charge in [0.25, 0.3) is 0 Å². The summed E-state index contributed by atoms with van der Waals surface area (Å²) in [4.78, 5) is 0. The van der Waals surface area contributed by atoms with Gasteiger partial charge in [-0.1, -0.05) is 29.8 Å². The maximum absolute atomic E-state index is 5.77. The van der Waals surface area contributed by atoms with Gasteiger partial charge in [-0.05, 0) is 12.1 Å². The molecule has 1 heterocycles. The molecule has 4 heteroatoms. The fraction of sp³-hybridized carbons (Fsp3) is 0. The van der Waals surface area contributed by atoms with Gasteiger partial charge in [0, 0.05) is 0 Å². The first-order valence-corrected chi connectivity index (χ1v) is 4.21. The second-order valence-corrected chi connectivity index (χ2v) is 3.05. The number of nitrogens with two attached hydrogens (primary N) is 1. The van der Waals surface area contributed by atoms with Gasteiger partial charge in [0.15, 0.2) is 5.82 Å². The van der Waals surface area contributed by atoms with E-state index in [2.05, 4.69) is 5.10 Å². The van der Waals surface area contributed by atoms with E-state index in [0.29, 0.717) is 10.8 Å². The molecule has 0 aliphatic carbocycles. The first-order chi connectivity index (χ1) is 6.27. The van der Waals surface area contributed by atoms with Crippen LogP contribution in [0.15, 0.2) is 36.5 Å². The molecule has 0 fully saturated rings. The van der Waals surface area contributed by atoms with E-state index >= 15 is 0 Å². The van der Waals surface area contributed by atoms with Crippen LogP contribution >= 0.6 is 11.6 Å². The summed E-state index contributed by atoms with van der Waals surface area (Å²) in [6.45, 7) is 0. The van der Waals surface area contributed by atoms with Crippen LogP contribution in [0, 0.1) is 0 Å². The lowest BCUT2D eigenvalue weighted by molar-refractivity contribution is 0.886. The Morgan fingerprint density at radius 1 is 1.23 bits per heavy atom. The first-order valence-electron chi connectivity index (χ1n) is 3.83. The monoisotopic (exact) mass is 193 g/mol. The Balaban J connectivity index is 2.48. The molecule has 0 aliphatic rings. The van der Waals surface area contributed by atoms with Crippen LogP contribution in [0.1, 0.15) is 0 Å². The quantitative estimate of drug-likeness (QED) is 0.754. The number of nitrogens with zero attached hydrogens (tertiary/aromatic N) is 2. The average Bonchev–Trinajstić information content (AvgIpc) is 2.49. The molecule has 0 amide bonds. The van der Waals surface area contributed by atoms with Crippen LogP contribution in [-0.2, 0) is 0 Å². The van der Waals surface area contributed by atoms with Crippen molar-refractivity contribution in [3.63, 3.8) is 0 Å². The normalized spacial score (nSPS) is 10.2. The highest BCUT2D eigenvalue weighted by atomic mass is 35.5. The number of halogens is 1. The number of anilines is 1. The van der Waals surface area contributed by atoms with Crippen molar-refractivity contribution in [2.45, 2.75) is 0 Å². The predicted molar refractivity (Wildman–Crippen MR) is 53.0 cm³/mol. The Kier molecular flexibility index (Phi) is 1.94. The third-order valence-electron chi connectivity index (χ3n) is 1.72. The van der Waals surface area contributed by atoms with Gasteiger partial charge < -0.3 is 5.73 Å². The molecular weight excluding hydrogens is 186 g/mol. The molecule has 0 bridgehead atoms. The van der Waals surface area contributed by atoms with Gasteiger partial charge in [-0.25, -0.2) is 4.68 Å². The third kappa shape index (κ3) is 1.51. The van der Waals surface area contributed by atoms with Crippen LogP contribution in [0.4, 0.5) is 5.82 Å². The van der Waals surface area contributed by atoms with Crippen molar-refractivity contribution in [3.8, 4) is 5.69 Å². The highest BCUT2D eigenvalue weighted by Crippen LogP contribution is 2.18. The van der Waals surface area contributed by atoms with E-state index < -0.39 is 0 Å². The zero-order valence-electron chi connectivity index (χ0n) is 6.81. The SMILES string of the molecule is Nc1nn(-c2ccccc2)cc1Cl. The van der Waals surface area contributed by atoms with E-state index in [-0.39, 0.29) is 0 Å². The lowest BCUT2D eigenvalue weighted by atomic mass is 10.3. The Bertz CT molecular complexity index is 389. The molecule has 1 aromatic heterocycles. The average molecular weight is 194 g/mol. The first kappa shape index (κ1) is 8.13. The minimum atomic E-state index is 0.352. The molecule has 2 N–H and O–H groups in total. The lowest BCUT2D eigenvalue weighted by Crippen LogP contribution is -1.95. The van der Waals surface area contributed by atoms with Crippen LogP contribution in [-0.4, -0.2) is 9.78 Å². The van der Waals surface area contributed by atoms with Crippen molar-refractivity contribution >= 4 is 17.4 Å². The summed E-state index contributed by atoms with van der Waals surface area (Å²) in [5.74, 6) is 0.352. The summed E-state index contributed by atoms with van der Waals surface area (Å²) >= 11 is 5.77. The fourth-order valence-electron chi connectivity index (χ4n) is 1.08.